The number of aliphatic hydroxyl groups is 5. The Hall–Kier alpha value is -2.12. The van der Waals surface area contributed by atoms with Crippen molar-refractivity contribution in [3.63, 3.8) is 0 Å². The molecule has 0 aliphatic carbocycles. The van der Waals surface area contributed by atoms with Crippen LogP contribution in [0.2, 0.25) is 0 Å². The van der Waals surface area contributed by atoms with E-state index >= 15 is 0 Å². The summed E-state index contributed by atoms with van der Waals surface area (Å²) in [7, 11) is 0. The molecule has 422 valence electrons. The Labute approximate surface area is 441 Å². The Morgan fingerprint density at radius 1 is 0.500 bits per heavy atom. The first-order chi connectivity index (χ1) is 35.2. The van der Waals surface area contributed by atoms with E-state index in [-0.39, 0.29) is 18.5 Å². The summed E-state index contributed by atoms with van der Waals surface area (Å²) in [5.74, 6) is -0.199. The van der Waals surface area contributed by atoms with Crippen molar-refractivity contribution < 1.29 is 49.3 Å². The maximum atomic E-state index is 13.0. The van der Waals surface area contributed by atoms with E-state index in [1.165, 1.54) is 186 Å². The number of nitrogens with one attached hydrogen (secondary N) is 1. The summed E-state index contributed by atoms with van der Waals surface area (Å²) in [6.07, 6.45) is 52.6. The minimum Gasteiger partial charge on any atom is -0.466 e. The molecule has 0 spiro atoms. The van der Waals surface area contributed by atoms with E-state index in [2.05, 4.69) is 43.5 Å². The topological polar surface area (TPSA) is 175 Å². The van der Waals surface area contributed by atoms with Crippen molar-refractivity contribution in [3.8, 4) is 0 Å². The van der Waals surface area contributed by atoms with Gasteiger partial charge in [0.2, 0.25) is 5.91 Å². The summed E-state index contributed by atoms with van der Waals surface area (Å²) in [5.41, 5.74) is 0. The summed E-state index contributed by atoms with van der Waals surface area (Å²) in [5, 5.41) is 54.2. The second kappa shape index (κ2) is 51.0. The summed E-state index contributed by atoms with van der Waals surface area (Å²) < 4.78 is 16.7. The Bertz CT molecular complexity index is 1290. The van der Waals surface area contributed by atoms with Crippen LogP contribution in [0.1, 0.15) is 277 Å². The second-order valence-corrected chi connectivity index (χ2v) is 21.0. The number of unbranched alkanes of at least 4 members (excludes halogenated alkanes) is 34. The number of allylic oxidation sites excluding steroid dienone is 5. The highest BCUT2D eigenvalue weighted by molar-refractivity contribution is 5.76. The molecule has 1 rings (SSSR count). The van der Waals surface area contributed by atoms with Gasteiger partial charge in [-0.2, -0.15) is 0 Å². The van der Waals surface area contributed by atoms with Crippen LogP contribution >= 0.6 is 0 Å². The number of esters is 1. The van der Waals surface area contributed by atoms with Crippen molar-refractivity contribution in [2.45, 2.75) is 320 Å². The van der Waals surface area contributed by atoms with Crippen molar-refractivity contribution in [2.24, 2.45) is 0 Å². The Balaban J connectivity index is 2.01. The molecule has 0 radical (unpaired) electrons. The van der Waals surface area contributed by atoms with Gasteiger partial charge < -0.3 is 45.1 Å². The number of carbonyl (C=O) groups is 2. The molecular weight excluding hydrogens is 907 g/mol. The lowest BCUT2D eigenvalue weighted by Gasteiger charge is -2.40. The van der Waals surface area contributed by atoms with Gasteiger partial charge in [0, 0.05) is 12.8 Å². The van der Waals surface area contributed by atoms with Crippen LogP contribution in [0.5, 0.6) is 0 Å². The predicted octanol–water partition coefficient (Wildman–Crippen LogP) is 13.9. The standard InChI is InChI=1S/C61H113NO10/c1-3-5-7-9-11-13-28-33-37-41-45-49-57(66)70-50-46-42-38-34-30-27-25-23-21-19-17-15-14-16-18-20-22-24-26-29-32-36-40-44-48-56(65)62-53(54(64)47-43-39-35-31-12-10-8-6-4-2)52-71-61-60(69)59(68)58(67)55(51-63)72-61/h9,11,16,18,43,47,53-55,58-61,63-64,67-69H,3-8,10,12-15,17,19-42,44-46,48-52H2,1-2H3,(H,62,65)/b11-9-,18-16-,47-43+. The molecular formula is C61H113NO10. The highest BCUT2D eigenvalue weighted by Gasteiger charge is 2.44. The number of aliphatic hydroxyl groups excluding tert-OH is 5. The fraction of sp³-hybridized carbons (Fsp3) is 0.869. The lowest BCUT2D eigenvalue weighted by Crippen LogP contribution is -2.60. The lowest BCUT2D eigenvalue weighted by molar-refractivity contribution is -0.302. The molecule has 0 saturated carbocycles. The zero-order valence-corrected chi connectivity index (χ0v) is 46.4. The maximum Gasteiger partial charge on any atom is 0.305 e. The van der Waals surface area contributed by atoms with Crippen LogP contribution in [0.3, 0.4) is 0 Å². The first-order valence-electron chi connectivity index (χ1n) is 30.3. The van der Waals surface area contributed by atoms with Gasteiger partial charge in [0.1, 0.15) is 24.4 Å². The average molecular weight is 1020 g/mol. The monoisotopic (exact) mass is 1020 g/mol. The number of amides is 1. The number of hydrogen-bond acceptors (Lipinski definition) is 10. The van der Waals surface area contributed by atoms with Gasteiger partial charge in [-0.05, 0) is 77.0 Å². The second-order valence-electron chi connectivity index (χ2n) is 21.0. The van der Waals surface area contributed by atoms with Crippen LogP contribution in [0, 0.1) is 0 Å². The first kappa shape index (κ1) is 67.9. The molecule has 1 aliphatic rings. The van der Waals surface area contributed by atoms with E-state index in [0.29, 0.717) is 19.4 Å². The SMILES string of the molecule is CCCC/C=C\CCCCCCCC(=O)OCCCCCCCCCCCCCC/C=C\CCCCCCCCCCC(=O)NC(COC1OC(CO)C(O)C(O)C1O)C(O)/C=C/CCCCCCCCC. The molecule has 7 atom stereocenters. The van der Waals surface area contributed by atoms with Gasteiger partial charge >= 0.3 is 5.97 Å². The van der Waals surface area contributed by atoms with Crippen LogP contribution in [-0.4, -0.2) is 100 Å². The zero-order chi connectivity index (χ0) is 52.4. The van der Waals surface area contributed by atoms with E-state index in [4.69, 9.17) is 14.2 Å². The zero-order valence-electron chi connectivity index (χ0n) is 46.4. The average Bonchev–Trinajstić information content (AvgIpc) is 3.38. The molecule has 11 nitrogen and oxygen atoms in total. The Morgan fingerprint density at radius 3 is 1.38 bits per heavy atom. The van der Waals surface area contributed by atoms with Crippen LogP contribution in [-0.2, 0) is 23.8 Å². The molecule has 7 unspecified atom stereocenters. The van der Waals surface area contributed by atoms with Gasteiger partial charge in [-0.3, -0.25) is 9.59 Å². The minimum atomic E-state index is -1.57. The van der Waals surface area contributed by atoms with Crippen molar-refractivity contribution in [1.82, 2.24) is 5.32 Å². The molecule has 11 heteroatoms. The third-order valence-electron chi connectivity index (χ3n) is 14.2. The van der Waals surface area contributed by atoms with Gasteiger partial charge in [0.05, 0.1) is 32.0 Å². The summed E-state index contributed by atoms with van der Waals surface area (Å²) >= 11 is 0. The summed E-state index contributed by atoms with van der Waals surface area (Å²) in [6.45, 7) is 4.27. The molecule has 0 aromatic carbocycles. The predicted molar refractivity (Wildman–Crippen MR) is 297 cm³/mol. The van der Waals surface area contributed by atoms with Crippen molar-refractivity contribution >= 4 is 11.9 Å². The van der Waals surface area contributed by atoms with E-state index in [1.807, 2.05) is 6.08 Å². The Morgan fingerprint density at radius 2 is 0.903 bits per heavy atom. The fourth-order valence-electron chi connectivity index (χ4n) is 9.35. The highest BCUT2D eigenvalue weighted by atomic mass is 16.7. The van der Waals surface area contributed by atoms with Crippen molar-refractivity contribution in [1.29, 1.82) is 0 Å². The molecule has 0 bridgehead atoms. The molecule has 0 aromatic rings. The van der Waals surface area contributed by atoms with Crippen LogP contribution in [0.15, 0.2) is 36.5 Å². The van der Waals surface area contributed by atoms with Gasteiger partial charge in [-0.1, -0.05) is 224 Å². The molecule has 72 heavy (non-hydrogen) atoms. The molecule has 0 aromatic heterocycles. The first-order valence-corrected chi connectivity index (χ1v) is 30.3. The largest absolute Gasteiger partial charge is 0.466 e. The van der Waals surface area contributed by atoms with E-state index in [9.17, 15) is 35.1 Å². The fourth-order valence-corrected chi connectivity index (χ4v) is 9.35. The van der Waals surface area contributed by atoms with Crippen LogP contribution in [0.25, 0.3) is 0 Å². The summed E-state index contributed by atoms with van der Waals surface area (Å²) in [6, 6.07) is -0.812. The molecule has 1 amide bonds. The van der Waals surface area contributed by atoms with Crippen LogP contribution in [0.4, 0.5) is 0 Å². The number of carbonyl (C=O) groups excluding carboxylic acids is 2. The molecule has 1 aliphatic heterocycles. The minimum absolute atomic E-state index is 0.0101. The normalized spacial score (nSPS) is 19.2. The number of ether oxygens (including phenoxy) is 3. The third-order valence-corrected chi connectivity index (χ3v) is 14.2. The van der Waals surface area contributed by atoms with E-state index < -0.39 is 49.5 Å². The van der Waals surface area contributed by atoms with E-state index in [1.54, 1.807) is 6.08 Å². The van der Waals surface area contributed by atoms with Gasteiger partial charge in [0.25, 0.3) is 0 Å². The smallest absolute Gasteiger partial charge is 0.305 e. The Kier molecular flexibility index (Phi) is 48.1. The van der Waals surface area contributed by atoms with Gasteiger partial charge in [-0.15, -0.1) is 0 Å². The highest BCUT2D eigenvalue weighted by Crippen LogP contribution is 2.23. The maximum absolute atomic E-state index is 13.0. The van der Waals surface area contributed by atoms with Crippen molar-refractivity contribution in [3.05, 3.63) is 36.5 Å². The van der Waals surface area contributed by atoms with E-state index in [0.717, 1.165) is 64.2 Å². The van der Waals surface area contributed by atoms with Gasteiger partial charge in [0.15, 0.2) is 6.29 Å². The third kappa shape index (κ3) is 40.2. The van der Waals surface area contributed by atoms with Crippen molar-refractivity contribution in [2.75, 3.05) is 19.8 Å². The quantitative estimate of drug-likeness (QED) is 0.0195. The summed E-state index contributed by atoms with van der Waals surface area (Å²) in [4.78, 5) is 25.0. The molecule has 1 saturated heterocycles. The van der Waals surface area contributed by atoms with Crippen LogP contribution < -0.4 is 5.32 Å². The molecule has 6 N–H and O–H groups in total. The number of hydrogen-bond donors (Lipinski definition) is 6. The lowest BCUT2D eigenvalue weighted by atomic mass is 9.99. The molecule has 1 heterocycles. The number of rotatable bonds is 52. The van der Waals surface area contributed by atoms with Gasteiger partial charge in [-0.25, -0.2) is 0 Å². The molecule has 1 fully saturated rings.